The molecule has 0 N–H and O–H groups in total. The van der Waals surface area contributed by atoms with Gasteiger partial charge in [-0.2, -0.15) is 0 Å². The number of aromatic nitrogens is 3. The van der Waals surface area contributed by atoms with Gasteiger partial charge in [-0.15, -0.1) is 10.2 Å². The van der Waals surface area contributed by atoms with Gasteiger partial charge in [-0.3, -0.25) is 4.40 Å². The van der Waals surface area contributed by atoms with Gasteiger partial charge in [0.2, 0.25) is 4.73 Å². The van der Waals surface area contributed by atoms with Crippen LogP contribution < -0.4 is 4.74 Å². The van der Waals surface area contributed by atoms with Crippen LogP contribution >= 0.6 is 15.9 Å². The van der Waals surface area contributed by atoms with E-state index < -0.39 is 0 Å². The van der Waals surface area contributed by atoms with Crippen molar-refractivity contribution in [2.24, 2.45) is 0 Å². The van der Waals surface area contributed by atoms with Crippen molar-refractivity contribution in [2.75, 3.05) is 0 Å². The SMILES string of the molecule is CC(C)Oc1ccc(-c2ccc3nnc(Br)n3c2)cc1. The van der Waals surface area contributed by atoms with E-state index in [9.17, 15) is 0 Å². The fourth-order valence-corrected chi connectivity index (χ4v) is 2.40. The van der Waals surface area contributed by atoms with Gasteiger partial charge in [-0.25, -0.2) is 0 Å². The number of rotatable bonds is 3. The third-order valence-corrected chi connectivity index (χ3v) is 3.46. The number of nitrogens with zero attached hydrogens (tertiary/aromatic N) is 3. The molecule has 0 aliphatic heterocycles. The summed E-state index contributed by atoms with van der Waals surface area (Å²) in [7, 11) is 0. The summed E-state index contributed by atoms with van der Waals surface area (Å²) in [4.78, 5) is 0. The Hall–Kier alpha value is -1.88. The summed E-state index contributed by atoms with van der Waals surface area (Å²) < 4.78 is 8.26. The standard InChI is InChI=1S/C15H14BrN3O/c1-10(2)20-13-6-3-11(4-7-13)12-5-8-14-17-18-15(16)19(14)9-12/h3-10H,1-2H3. The molecule has 0 spiro atoms. The predicted octanol–water partition coefficient (Wildman–Crippen LogP) is 3.95. The average Bonchev–Trinajstić information content (AvgIpc) is 2.80. The molecule has 20 heavy (non-hydrogen) atoms. The molecule has 3 rings (SSSR count). The molecular weight excluding hydrogens is 318 g/mol. The van der Waals surface area contributed by atoms with Crippen LogP contribution in [0.3, 0.4) is 0 Å². The van der Waals surface area contributed by atoms with Crippen LogP contribution in [-0.4, -0.2) is 20.7 Å². The van der Waals surface area contributed by atoms with Crippen molar-refractivity contribution >= 4 is 21.6 Å². The summed E-state index contributed by atoms with van der Waals surface area (Å²) in [6.07, 6.45) is 2.20. The van der Waals surface area contributed by atoms with Crippen molar-refractivity contribution in [2.45, 2.75) is 20.0 Å². The maximum atomic E-state index is 5.65. The van der Waals surface area contributed by atoms with Gasteiger partial charge in [0, 0.05) is 6.20 Å². The van der Waals surface area contributed by atoms with Gasteiger partial charge in [0.1, 0.15) is 5.75 Å². The zero-order chi connectivity index (χ0) is 14.1. The van der Waals surface area contributed by atoms with Crippen molar-refractivity contribution in [3.8, 4) is 16.9 Å². The monoisotopic (exact) mass is 331 g/mol. The smallest absolute Gasteiger partial charge is 0.204 e. The Morgan fingerprint density at radius 1 is 1.00 bits per heavy atom. The quantitative estimate of drug-likeness (QED) is 0.729. The molecule has 5 heteroatoms. The molecule has 0 amide bonds. The minimum absolute atomic E-state index is 0.185. The molecule has 4 nitrogen and oxygen atoms in total. The largest absolute Gasteiger partial charge is 0.491 e. The Morgan fingerprint density at radius 2 is 1.70 bits per heavy atom. The van der Waals surface area contributed by atoms with Crippen LogP contribution in [0.15, 0.2) is 47.3 Å². The normalized spacial score (nSPS) is 11.2. The Kier molecular flexibility index (Phi) is 3.44. The molecule has 2 aromatic heterocycles. The number of halogens is 1. The summed E-state index contributed by atoms with van der Waals surface area (Å²) in [5.74, 6) is 0.885. The fraction of sp³-hybridized carbons (Fsp3) is 0.200. The van der Waals surface area contributed by atoms with E-state index in [0.29, 0.717) is 4.73 Å². The van der Waals surface area contributed by atoms with Crippen LogP contribution in [0.1, 0.15) is 13.8 Å². The summed E-state index contributed by atoms with van der Waals surface area (Å²) in [5, 5.41) is 8.03. The lowest BCUT2D eigenvalue weighted by atomic mass is 10.1. The van der Waals surface area contributed by atoms with Gasteiger partial charge in [0.15, 0.2) is 5.65 Å². The van der Waals surface area contributed by atoms with Crippen LogP contribution in [0, 0.1) is 0 Å². The van der Waals surface area contributed by atoms with Crippen molar-refractivity contribution in [1.29, 1.82) is 0 Å². The average molecular weight is 332 g/mol. The third kappa shape index (κ3) is 2.54. The van der Waals surface area contributed by atoms with Gasteiger partial charge in [0.25, 0.3) is 0 Å². The van der Waals surface area contributed by atoms with E-state index in [2.05, 4.69) is 38.3 Å². The number of pyridine rings is 1. The number of hydrogen-bond acceptors (Lipinski definition) is 3. The van der Waals surface area contributed by atoms with Crippen LogP contribution in [0.4, 0.5) is 0 Å². The number of benzene rings is 1. The van der Waals surface area contributed by atoms with Crippen LogP contribution in [0.2, 0.25) is 0 Å². The molecule has 1 aromatic carbocycles. The van der Waals surface area contributed by atoms with E-state index in [1.165, 1.54) is 0 Å². The number of hydrogen-bond donors (Lipinski definition) is 0. The number of fused-ring (bicyclic) bond motifs is 1. The molecule has 0 saturated heterocycles. The summed E-state index contributed by atoms with van der Waals surface area (Å²) >= 11 is 3.38. The van der Waals surface area contributed by atoms with E-state index >= 15 is 0 Å². The Balaban J connectivity index is 1.95. The molecule has 0 atom stereocenters. The lowest BCUT2D eigenvalue weighted by molar-refractivity contribution is 0.242. The van der Waals surface area contributed by atoms with Gasteiger partial charge < -0.3 is 4.74 Å². The van der Waals surface area contributed by atoms with Gasteiger partial charge in [0.05, 0.1) is 6.10 Å². The highest BCUT2D eigenvalue weighted by Crippen LogP contribution is 2.24. The van der Waals surface area contributed by atoms with E-state index in [1.54, 1.807) is 0 Å². The Morgan fingerprint density at radius 3 is 2.40 bits per heavy atom. The highest BCUT2D eigenvalue weighted by atomic mass is 79.9. The molecule has 0 unspecified atom stereocenters. The third-order valence-electron chi connectivity index (χ3n) is 2.92. The second kappa shape index (κ2) is 5.25. The van der Waals surface area contributed by atoms with Gasteiger partial charge in [-0.05, 0) is 65.2 Å². The highest BCUT2D eigenvalue weighted by molar-refractivity contribution is 9.10. The first-order valence-electron chi connectivity index (χ1n) is 6.41. The van der Waals surface area contributed by atoms with E-state index in [1.807, 2.05) is 48.7 Å². The van der Waals surface area contributed by atoms with Crippen molar-refractivity contribution in [1.82, 2.24) is 14.6 Å². The maximum absolute atomic E-state index is 5.65. The minimum atomic E-state index is 0.185. The predicted molar refractivity (Wildman–Crippen MR) is 81.9 cm³/mol. The van der Waals surface area contributed by atoms with Gasteiger partial charge >= 0.3 is 0 Å². The first-order valence-corrected chi connectivity index (χ1v) is 7.20. The highest BCUT2D eigenvalue weighted by Gasteiger charge is 2.05. The zero-order valence-corrected chi connectivity index (χ0v) is 12.8. The summed E-state index contributed by atoms with van der Waals surface area (Å²) in [6.45, 7) is 4.04. The molecule has 0 bridgehead atoms. The second-order valence-electron chi connectivity index (χ2n) is 4.81. The fourth-order valence-electron chi connectivity index (χ4n) is 2.03. The molecule has 0 aliphatic carbocycles. The summed E-state index contributed by atoms with van der Waals surface area (Å²) in [6, 6.07) is 12.1. The first kappa shape index (κ1) is 13.1. The van der Waals surface area contributed by atoms with E-state index in [-0.39, 0.29) is 6.10 Å². The molecule has 102 valence electrons. The molecule has 2 heterocycles. The van der Waals surface area contributed by atoms with E-state index in [4.69, 9.17) is 4.74 Å². The Labute approximate surface area is 125 Å². The molecule has 0 fully saturated rings. The lowest BCUT2D eigenvalue weighted by Gasteiger charge is -2.10. The Bertz CT molecular complexity index is 734. The molecule has 0 aliphatic rings. The van der Waals surface area contributed by atoms with E-state index in [0.717, 1.165) is 22.5 Å². The number of ether oxygens (including phenoxy) is 1. The van der Waals surface area contributed by atoms with Crippen LogP contribution in [0.5, 0.6) is 5.75 Å². The van der Waals surface area contributed by atoms with Gasteiger partial charge in [-0.1, -0.05) is 12.1 Å². The van der Waals surface area contributed by atoms with Crippen molar-refractivity contribution in [3.05, 3.63) is 47.3 Å². The molecular formula is C15H14BrN3O. The lowest BCUT2D eigenvalue weighted by Crippen LogP contribution is -2.05. The minimum Gasteiger partial charge on any atom is -0.491 e. The molecule has 3 aromatic rings. The first-order chi connectivity index (χ1) is 9.63. The second-order valence-corrected chi connectivity index (χ2v) is 5.52. The zero-order valence-electron chi connectivity index (χ0n) is 11.2. The maximum Gasteiger partial charge on any atom is 0.204 e. The molecule has 0 radical (unpaired) electrons. The van der Waals surface area contributed by atoms with Crippen LogP contribution in [-0.2, 0) is 0 Å². The summed E-state index contributed by atoms with van der Waals surface area (Å²) in [5.41, 5.74) is 3.05. The van der Waals surface area contributed by atoms with Crippen LogP contribution in [0.25, 0.3) is 16.8 Å². The molecule has 0 saturated carbocycles. The van der Waals surface area contributed by atoms with Crippen molar-refractivity contribution < 1.29 is 4.74 Å². The topological polar surface area (TPSA) is 39.4 Å². The van der Waals surface area contributed by atoms with Crippen molar-refractivity contribution in [3.63, 3.8) is 0 Å².